The van der Waals surface area contributed by atoms with Crippen LogP contribution in [0.2, 0.25) is 0 Å². The van der Waals surface area contributed by atoms with Gasteiger partial charge in [-0.05, 0) is 0 Å². The molecule has 0 heterocycles. The van der Waals surface area contributed by atoms with Crippen molar-refractivity contribution in [1.82, 2.24) is 5.09 Å². The topological polar surface area (TPSA) is 12.0 Å². The van der Waals surface area contributed by atoms with E-state index < -0.39 is 42.6 Å². The molecule has 0 aliphatic carbocycles. The van der Waals surface area contributed by atoms with Crippen LogP contribution in [-0.2, 0) is 0 Å². The summed E-state index contributed by atoms with van der Waals surface area (Å²) in [4.78, 5) is 0. The average molecular weight is 337 g/mol. The van der Waals surface area contributed by atoms with E-state index in [-0.39, 0.29) is 0 Å². The van der Waals surface area contributed by atoms with Crippen LogP contribution in [0.25, 0.3) is 0 Å². The Morgan fingerprint density at radius 3 is 0.684 bits per heavy atom. The first-order chi connectivity index (χ1) is 7.92. The Bertz CT molecular complexity index is 276. The fraction of sp³-hybridized carbons (Fsp3) is 1.00. The van der Waals surface area contributed by atoms with E-state index in [4.69, 9.17) is 0 Å². The third-order valence-corrected chi connectivity index (χ3v) is 7.43. The maximum atomic E-state index is 12.4. The minimum atomic E-state index is -10.4. The second-order valence-corrected chi connectivity index (χ2v) is 7.92. The molecule has 0 rings (SSSR count). The Morgan fingerprint density at radius 2 is 0.684 bits per heavy atom. The predicted molar refractivity (Wildman–Crippen MR) is 40.2 cm³/mol. The normalized spacial score (nSPS) is 18.1. The number of nitrogens with one attached hydrogen (secondary N) is 1. The number of rotatable bonds is 1. The Balaban J connectivity index is 7.15. The summed E-state index contributed by atoms with van der Waals surface area (Å²) >= 11 is 0. The van der Waals surface area contributed by atoms with Gasteiger partial charge in [0.25, 0.3) is 0 Å². The molecule has 0 saturated carbocycles. The van der Waals surface area contributed by atoms with Crippen LogP contribution in [0.1, 0.15) is 0 Å². The SMILES string of the molecule is CNP(C(F)(F)F)(C(F)(F)F)(C(F)(F)F)C(F)(F)F. The van der Waals surface area contributed by atoms with Crippen LogP contribution in [0, 0.1) is 0 Å². The minimum absolute atomic E-state index is 0.481. The summed E-state index contributed by atoms with van der Waals surface area (Å²) in [5, 5.41) is -0.481. The van der Waals surface area contributed by atoms with E-state index in [1.165, 1.54) is 0 Å². The monoisotopic (exact) mass is 337 g/mol. The van der Waals surface area contributed by atoms with Gasteiger partial charge in [0.15, 0.2) is 0 Å². The van der Waals surface area contributed by atoms with Gasteiger partial charge >= 0.3 is 95.2 Å². The standard InChI is InChI=1S/C5H4F12NP/c1-18-19(2(6,7)8,3(9,10)11,4(12,13)14)5(15,16)17/h18H,1H3. The van der Waals surface area contributed by atoms with Crippen molar-refractivity contribution in [3.05, 3.63) is 0 Å². The number of hydrogen-bond donors (Lipinski definition) is 1. The van der Waals surface area contributed by atoms with Crippen LogP contribution in [0.4, 0.5) is 52.7 Å². The van der Waals surface area contributed by atoms with Gasteiger partial charge in [-0.1, -0.05) is 0 Å². The summed E-state index contributed by atoms with van der Waals surface area (Å²) < 4.78 is 148. The quantitative estimate of drug-likeness (QED) is 0.538. The van der Waals surface area contributed by atoms with Crippen LogP contribution in [0.15, 0.2) is 0 Å². The third-order valence-electron chi connectivity index (χ3n) is 2.48. The first-order valence-corrected chi connectivity index (χ1v) is 6.12. The van der Waals surface area contributed by atoms with E-state index in [1.54, 1.807) is 0 Å². The van der Waals surface area contributed by atoms with Gasteiger partial charge in [-0.15, -0.1) is 0 Å². The van der Waals surface area contributed by atoms with E-state index in [0.29, 0.717) is 0 Å². The Kier molecular flexibility index (Phi) is 3.93. The van der Waals surface area contributed by atoms with Crippen molar-refractivity contribution in [1.29, 1.82) is 0 Å². The van der Waals surface area contributed by atoms with Crippen molar-refractivity contribution in [3.63, 3.8) is 0 Å². The van der Waals surface area contributed by atoms with Crippen molar-refractivity contribution < 1.29 is 52.7 Å². The first kappa shape index (κ1) is 18.6. The maximum absolute atomic E-state index is 12.4. The van der Waals surface area contributed by atoms with Crippen LogP contribution >= 0.6 is 6.75 Å². The second kappa shape index (κ2) is 4.03. The molecule has 0 radical (unpaired) electrons. The zero-order chi connectivity index (χ0) is 16.2. The molecule has 14 heteroatoms. The average Bonchev–Trinajstić information content (AvgIpc) is 1.93. The molecule has 0 aliphatic heterocycles. The molecule has 118 valence electrons. The molecule has 1 nitrogen and oxygen atoms in total. The molecule has 0 aromatic carbocycles. The van der Waals surface area contributed by atoms with Crippen molar-refractivity contribution in [2.45, 2.75) is 23.7 Å². The van der Waals surface area contributed by atoms with E-state index >= 15 is 0 Å². The fourth-order valence-corrected chi connectivity index (χ4v) is 4.11. The Hall–Kier alpha value is -0.450. The van der Waals surface area contributed by atoms with Gasteiger partial charge in [0, 0.05) is 0 Å². The summed E-state index contributed by atoms with van der Waals surface area (Å²) in [6.45, 7) is -10.4. The number of halogens is 12. The summed E-state index contributed by atoms with van der Waals surface area (Å²) in [6, 6.07) is 0. The van der Waals surface area contributed by atoms with Gasteiger partial charge in [0.2, 0.25) is 0 Å². The molecule has 1 N–H and O–H groups in total. The number of hydrogen-bond acceptors (Lipinski definition) is 1. The van der Waals surface area contributed by atoms with Crippen LogP contribution < -0.4 is 5.09 Å². The van der Waals surface area contributed by atoms with Gasteiger partial charge in [-0.2, -0.15) is 0 Å². The van der Waals surface area contributed by atoms with Crippen LogP contribution in [-0.4, -0.2) is 30.7 Å². The molecule has 0 aliphatic rings. The van der Waals surface area contributed by atoms with Crippen LogP contribution in [0.5, 0.6) is 0 Å². The summed E-state index contributed by atoms with van der Waals surface area (Å²) in [7, 11) is -0.667. The predicted octanol–water partition coefficient (Wildman–Crippen LogP) is 4.75. The molecule has 0 bridgehead atoms. The molecule has 0 aromatic heterocycles. The molecular weight excluding hydrogens is 333 g/mol. The van der Waals surface area contributed by atoms with Gasteiger partial charge in [0.1, 0.15) is 0 Å². The molecule has 0 aromatic rings. The van der Waals surface area contributed by atoms with Crippen molar-refractivity contribution in [2.24, 2.45) is 0 Å². The molecule has 19 heavy (non-hydrogen) atoms. The van der Waals surface area contributed by atoms with Crippen molar-refractivity contribution in [2.75, 3.05) is 7.05 Å². The van der Waals surface area contributed by atoms with Crippen LogP contribution in [0.3, 0.4) is 0 Å². The Morgan fingerprint density at radius 1 is 0.526 bits per heavy atom. The van der Waals surface area contributed by atoms with E-state index in [1.807, 2.05) is 0 Å². The van der Waals surface area contributed by atoms with Gasteiger partial charge in [-0.25, -0.2) is 0 Å². The van der Waals surface area contributed by atoms with Crippen molar-refractivity contribution in [3.8, 4) is 0 Å². The van der Waals surface area contributed by atoms with Gasteiger partial charge in [-0.3, -0.25) is 0 Å². The molecule has 0 amide bonds. The molecule has 0 unspecified atom stereocenters. The Labute approximate surface area is 96.5 Å². The molecular formula is C5H4F12NP. The van der Waals surface area contributed by atoms with Gasteiger partial charge < -0.3 is 0 Å². The number of alkyl halides is 12. The van der Waals surface area contributed by atoms with Gasteiger partial charge in [0.05, 0.1) is 0 Å². The van der Waals surface area contributed by atoms with E-state index in [2.05, 4.69) is 0 Å². The molecule has 0 atom stereocenters. The van der Waals surface area contributed by atoms with E-state index in [9.17, 15) is 52.7 Å². The molecule has 0 spiro atoms. The fourth-order valence-electron chi connectivity index (χ4n) is 1.37. The molecule has 0 saturated heterocycles. The molecule has 0 fully saturated rings. The third kappa shape index (κ3) is 1.60. The summed E-state index contributed by atoms with van der Waals surface area (Å²) in [6.07, 6.45) is 0. The second-order valence-electron chi connectivity index (χ2n) is 3.21. The first-order valence-electron chi connectivity index (χ1n) is 3.89. The zero-order valence-corrected chi connectivity index (χ0v) is 9.38. The van der Waals surface area contributed by atoms with E-state index in [0.717, 1.165) is 0 Å². The zero-order valence-electron chi connectivity index (χ0n) is 8.48. The summed E-state index contributed by atoms with van der Waals surface area (Å²) in [5.41, 5.74) is 0. The van der Waals surface area contributed by atoms with Crippen molar-refractivity contribution >= 4 is 6.75 Å². The summed E-state index contributed by atoms with van der Waals surface area (Å²) in [5.74, 6) is -30.6.